The largest absolute Gasteiger partial charge is 0.493 e. The summed E-state index contributed by atoms with van der Waals surface area (Å²) in [7, 11) is 3.21. The molecule has 0 aliphatic carbocycles. The first kappa shape index (κ1) is 19.0. The van der Waals surface area contributed by atoms with Crippen molar-refractivity contribution in [2.45, 2.75) is 18.9 Å². The number of pyridine rings is 1. The zero-order chi connectivity index (χ0) is 20.2. The first-order valence-corrected chi connectivity index (χ1v) is 9.69. The van der Waals surface area contributed by atoms with Crippen molar-refractivity contribution in [3.05, 3.63) is 89.2 Å². The minimum absolute atomic E-state index is 0.0912. The number of nitrogens with zero attached hydrogens (tertiary/aromatic N) is 2. The van der Waals surface area contributed by atoms with Crippen molar-refractivity contribution in [3.63, 3.8) is 0 Å². The molecule has 1 aliphatic heterocycles. The summed E-state index contributed by atoms with van der Waals surface area (Å²) in [6.45, 7) is 0.691. The Morgan fingerprint density at radius 1 is 1.03 bits per heavy atom. The summed E-state index contributed by atoms with van der Waals surface area (Å²) in [6.07, 6.45) is 4.73. The Kier molecular flexibility index (Phi) is 5.47. The van der Waals surface area contributed by atoms with E-state index in [1.54, 1.807) is 26.6 Å². The van der Waals surface area contributed by atoms with Gasteiger partial charge in [-0.3, -0.25) is 9.78 Å². The predicted octanol–water partition coefficient (Wildman–Crippen LogP) is 3.82. The lowest BCUT2D eigenvalue weighted by Gasteiger charge is -2.38. The van der Waals surface area contributed by atoms with Crippen LogP contribution in [0, 0.1) is 0 Å². The Labute approximate surface area is 170 Å². The molecule has 1 unspecified atom stereocenters. The summed E-state index contributed by atoms with van der Waals surface area (Å²) in [5, 5.41) is 0. The third-order valence-corrected chi connectivity index (χ3v) is 5.43. The zero-order valence-electron chi connectivity index (χ0n) is 16.7. The molecular weight excluding hydrogens is 364 g/mol. The number of hydrogen-bond acceptors (Lipinski definition) is 4. The Morgan fingerprint density at radius 2 is 1.79 bits per heavy atom. The van der Waals surface area contributed by atoms with Crippen molar-refractivity contribution in [2.75, 3.05) is 20.8 Å². The minimum atomic E-state index is -0.101. The first-order chi connectivity index (χ1) is 14.2. The van der Waals surface area contributed by atoms with Gasteiger partial charge in [0.05, 0.1) is 26.7 Å². The van der Waals surface area contributed by atoms with Gasteiger partial charge in [0, 0.05) is 18.9 Å². The molecule has 5 heteroatoms. The van der Waals surface area contributed by atoms with Crippen LogP contribution < -0.4 is 9.47 Å². The van der Waals surface area contributed by atoms with E-state index in [-0.39, 0.29) is 11.9 Å². The number of hydrogen-bond donors (Lipinski definition) is 0. The number of methoxy groups -OCH3 is 2. The van der Waals surface area contributed by atoms with Gasteiger partial charge in [0.15, 0.2) is 11.5 Å². The van der Waals surface area contributed by atoms with Crippen molar-refractivity contribution in [1.82, 2.24) is 9.88 Å². The van der Waals surface area contributed by atoms with Gasteiger partial charge in [0.25, 0.3) is 0 Å². The van der Waals surface area contributed by atoms with Crippen LogP contribution in [-0.4, -0.2) is 36.6 Å². The monoisotopic (exact) mass is 388 g/mol. The Bertz CT molecular complexity index is 1000. The molecule has 0 radical (unpaired) electrons. The fourth-order valence-electron chi connectivity index (χ4n) is 4.01. The quantitative estimate of drug-likeness (QED) is 0.667. The van der Waals surface area contributed by atoms with Crippen LogP contribution in [0.1, 0.15) is 28.3 Å². The molecule has 1 amide bonds. The normalized spacial score (nSPS) is 15.5. The molecule has 1 aromatic heterocycles. The highest BCUT2D eigenvalue weighted by Crippen LogP contribution is 2.35. The molecule has 1 atom stereocenters. The standard InChI is InChI=1S/C24H24N2O3/c1-28-21-8-7-17(15-22(21)29-2)16-23(27)26-14-11-18-5-3-4-6-20(18)24(26)19-9-12-25-13-10-19/h3-10,12-13,15,24H,11,14,16H2,1-2H3. The molecule has 5 nitrogen and oxygen atoms in total. The Morgan fingerprint density at radius 3 is 2.55 bits per heavy atom. The van der Waals surface area contributed by atoms with Crippen molar-refractivity contribution < 1.29 is 14.3 Å². The van der Waals surface area contributed by atoms with Gasteiger partial charge in [-0.05, 0) is 52.9 Å². The maximum absolute atomic E-state index is 13.4. The van der Waals surface area contributed by atoms with E-state index in [2.05, 4.69) is 23.2 Å². The lowest BCUT2D eigenvalue weighted by molar-refractivity contribution is -0.132. The number of amides is 1. The Hall–Kier alpha value is -3.34. The summed E-state index contributed by atoms with van der Waals surface area (Å²) in [5.41, 5.74) is 4.46. The first-order valence-electron chi connectivity index (χ1n) is 9.69. The van der Waals surface area contributed by atoms with Crippen molar-refractivity contribution in [3.8, 4) is 11.5 Å². The molecule has 3 aromatic rings. The third kappa shape index (κ3) is 3.81. The summed E-state index contributed by atoms with van der Waals surface area (Å²) < 4.78 is 10.7. The fourth-order valence-corrected chi connectivity index (χ4v) is 4.01. The molecule has 0 fully saturated rings. The average Bonchev–Trinajstić information content (AvgIpc) is 2.78. The molecule has 0 N–H and O–H groups in total. The average molecular weight is 388 g/mol. The second-order valence-electron chi connectivity index (χ2n) is 7.09. The van der Waals surface area contributed by atoms with Gasteiger partial charge in [-0.25, -0.2) is 0 Å². The van der Waals surface area contributed by atoms with Crippen LogP contribution in [0.2, 0.25) is 0 Å². The number of aromatic nitrogens is 1. The van der Waals surface area contributed by atoms with Gasteiger partial charge in [-0.15, -0.1) is 0 Å². The van der Waals surface area contributed by atoms with E-state index in [0.29, 0.717) is 24.5 Å². The SMILES string of the molecule is COc1ccc(CC(=O)N2CCc3ccccc3C2c2ccncc2)cc1OC. The number of carbonyl (C=O) groups excluding carboxylic acids is 1. The van der Waals surface area contributed by atoms with Gasteiger partial charge in [0.1, 0.15) is 0 Å². The van der Waals surface area contributed by atoms with E-state index in [0.717, 1.165) is 17.5 Å². The molecule has 29 heavy (non-hydrogen) atoms. The summed E-state index contributed by atoms with van der Waals surface area (Å²) >= 11 is 0. The van der Waals surface area contributed by atoms with Crippen LogP contribution in [0.5, 0.6) is 11.5 Å². The molecule has 0 spiro atoms. The molecule has 0 saturated carbocycles. The van der Waals surface area contributed by atoms with Gasteiger partial charge < -0.3 is 14.4 Å². The summed E-state index contributed by atoms with van der Waals surface area (Å²) in [5.74, 6) is 1.38. The second kappa shape index (κ2) is 8.35. The lowest BCUT2D eigenvalue weighted by atomic mass is 9.88. The molecule has 148 valence electrons. The van der Waals surface area contributed by atoms with E-state index in [1.807, 2.05) is 41.3 Å². The van der Waals surface area contributed by atoms with Crippen LogP contribution in [0.3, 0.4) is 0 Å². The maximum Gasteiger partial charge on any atom is 0.227 e. The molecule has 1 aliphatic rings. The third-order valence-electron chi connectivity index (χ3n) is 5.43. The predicted molar refractivity (Wildman–Crippen MR) is 111 cm³/mol. The second-order valence-corrected chi connectivity index (χ2v) is 7.09. The van der Waals surface area contributed by atoms with Crippen molar-refractivity contribution >= 4 is 5.91 Å². The lowest BCUT2D eigenvalue weighted by Crippen LogP contribution is -2.41. The summed E-state index contributed by atoms with van der Waals surface area (Å²) in [6, 6.07) is 17.9. The van der Waals surface area contributed by atoms with Gasteiger partial charge in [-0.1, -0.05) is 30.3 Å². The Balaban J connectivity index is 1.65. The van der Waals surface area contributed by atoms with Gasteiger partial charge in [-0.2, -0.15) is 0 Å². The molecule has 2 aromatic carbocycles. The van der Waals surface area contributed by atoms with E-state index in [9.17, 15) is 4.79 Å². The van der Waals surface area contributed by atoms with Crippen LogP contribution in [0.25, 0.3) is 0 Å². The number of ether oxygens (including phenoxy) is 2. The van der Waals surface area contributed by atoms with Crippen LogP contribution in [0.4, 0.5) is 0 Å². The van der Waals surface area contributed by atoms with E-state index >= 15 is 0 Å². The molecular formula is C24H24N2O3. The van der Waals surface area contributed by atoms with Crippen LogP contribution in [0.15, 0.2) is 67.0 Å². The topological polar surface area (TPSA) is 51.7 Å². The number of rotatable bonds is 5. The number of fused-ring (bicyclic) bond motifs is 1. The highest BCUT2D eigenvalue weighted by atomic mass is 16.5. The van der Waals surface area contributed by atoms with E-state index in [1.165, 1.54) is 11.1 Å². The molecule has 2 heterocycles. The van der Waals surface area contributed by atoms with Gasteiger partial charge >= 0.3 is 0 Å². The van der Waals surface area contributed by atoms with E-state index in [4.69, 9.17) is 9.47 Å². The maximum atomic E-state index is 13.4. The van der Waals surface area contributed by atoms with Crippen molar-refractivity contribution in [1.29, 1.82) is 0 Å². The zero-order valence-corrected chi connectivity index (χ0v) is 16.7. The minimum Gasteiger partial charge on any atom is -0.493 e. The molecule has 0 bridgehead atoms. The number of benzene rings is 2. The highest BCUT2D eigenvalue weighted by Gasteiger charge is 2.31. The molecule has 4 rings (SSSR count). The van der Waals surface area contributed by atoms with Gasteiger partial charge in [0.2, 0.25) is 5.91 Å². The van der Waals surface area contributed by atoms with E-state index < -0.39 is 0 Å². The summed E-state index contributed by atoms with van der Waals surface area (Å²) in [4.78, 5) is 19.5. The smallest absolute Gasteiger partial charge is 0.227 e. The fraction of sp³-hybridized carbons (Fsp3) is 0.250. The number of carbonyl (C=O) groups is 1. The molecule has 0 saturated heterocycles. The highest BCUT2D eigenvalue weighted by molar-refractivity contribution is 5.80. The van der Waals surface area contributed by atoms with Crippen LogP contribution in [-0.2, 0) is 17.6 Å². The van der Waals surface area contributed by atoms with Crippen LogP contribution >= 0.6 is 0 Å². The van der Waals surface area contributed by atoms with Crippen molar-refractivity contribution in [2.24, 2.45) is 0 Å².